The van der Waals surface area contributed by atoms with Gasteiger partial charge >= 0.3 is 0 Å². The number of para-hydroxylation sites is 2. The van der Waals surface area contributed by atoms with E-state index in [4.69, 9.17) is 9.40 Å². The van der Waals surface area contributed by atoms with Crippen LogP contribution < -0.4 is 0 Å². The summed E-state index contributed by atoms with van der Waals surface area (Å²) in [5, 5.41) is 3.20. The van der Waals surface area contributed by atoms with E-state index in [2.05, 4.69) is 150 Å². The van der Waals surface area contributed by atoms with E-state index in [0.717, 1.165) is 83.4 Å². The Morgan fingerprint density at radius 1 is 0.611 bits per heavy atom. The van der Waals surface area contributed by atoms with Crippen molar-refractivity contribution in [2.45, 2.75) is 6.92 Å². The number of hydrogen-bond acceptors (Lipinski definition) is 3. The number of aromatic nitrogens is 3. The Bertz CT molecular complexity index is 2730. The fourth-order valence-electron chi connectivity index (χ4n) is 7.06. The molecule has 0 bridgehead atoms. The largest absolute Gasteiger partial charge is 0.557 e. The first-order valence-corrected chi connectivity index (χ1v) is 17.7. The molecule has 0 amide bonds. The van der Waals surface area contributed by atoms with Gasteiger partial charge in [-0.05, 0) is 70.4 Å². The second kappa shape index (κ2) is 15.3. The Kier molecular flexibility index (Phi) is 9.83. The number of nitrogens with zero attached hydrogens (tertiary/aromatic N) is 3. The van der Waals surface area contributed by atoms with Crippen LogP contribution in [0.4, 0.5) is 0 Å². The van der Waals surface area contributed by atoms with E-state index >= 15 is 0 Å². The molecule has 1 radical (unpaired) electrons. The summed E-state index contributed by atoms with van der Waals surface area (Å²) in [4.78, 5) is 9.44. The van der Waals surface area contributed by atoms with Gasteiger partial charge in [-0.15, -0.1) is 42.0 Å². The minimum atomic E-state index is 0. The molecule has 0 spiro atoms. The number of fused-ring (bicyclic) bond motifs is 4. The summed E-state index contributed by atoms with van der Waals surface area (Å²) in [6, 6.07) is 63.5. The molecular formula is C49H33IrN3O-2. The quantitative estimate of drug-likeness (QED) is 0.162. The first kappa shape index (κ1) is 34.7. The van der Waals surface area contributed by atoms with Gasteiger partial charge in [-0.25, -0.2) is 0 Å². The van der Waals surface area contributed by atoms with Gasteiger partial charge in [0.15, 0.2) is 0 Å². The zero-order valence-corrected chi connectivity index (χ0v) is 31.8. The maximum Gasteiger partial charge on any atom is 0.0774 e. The smallest absolute Gasteiger partial charge is 0.0774 e. The molecule has 3 aromatic heterocycles. The van der Waals surface area contributed by atoms with E-state index in [9.17, 15) is 0 Å². The van der Waals surface area contributed by atoms with E-state index < -0.39 is 0 Å². The maximum atomic E-state index is 6.17. The second-order valence-electron chi connectivity index (χ2n) is 12.9. The minimum absolute atomic E-state index is 0. The van der Waals surface area contributed by atoms with Crippen LogP contribution in [0.3, 0.4) is 0 Å². The monoisotopic (exact) mass is 872 g/mol. The maximum absolute atomic E-state index is 6.17. The Morgan fingerprint density at radius 2 is 1.28 bits per heavy atom. The molecule has 10 rings (SSSR count). The van der Waals surface area contributed by atoms with Crippen LogP contribution in [-0.2, 0) is 20.1 Å². The minimum Gasteiger partial charge on any atom is -0.557 e. The van der Waals surface area contributed by atoms with Crippen LogP contribution in [-0.4, -0.2) is 14.5 Å². The third-order valence-corrected chi connectivity index (χ3v) is 9.49. The molecule has 54 heavy (non-hydrogen) atoms. The van der Waals surface area contributed by atoms with Crippen LogP contribution in [0.5, 0.6) is 0 Å². The average molecular weight is 872 g/mol. The van der Waals surface area contributed by atoms with Gasteiger partial charge in [-0.3, -0.25) is 4.98 Å². The Hall–Kier alpha value is -6.39. The number of aryl methyl sites for hydroxylation is 1. The summed E-state index contributed by atoms with van der Waals surface area (Å²) in [6.07, 6.45) is 5.05. The second-order valence-corrected chi connectivity index (χ2v) is 12.9. The van der Waals surface area contributed by atoms with Crippen molar-refractivity contribution in [1.82, 2.24) is 14.5 Å². The molecule has 0 aliphatic heterocycles. The van der Waals surface area contributed by atoms with Crippen LogP contribution in [0.15, 0.2) is 187 Å². The van der Waals surface area contributed by atoms with E-state index in [-0.39, 0.29) is 20.1 Å². The summed E-state index contributed by atoms with van der Waals surface area (Å²) >= 11 is 0. The summed E-state index contributed by atoms with van der Waals surface area (Å²) in [5.74, 6) is 0.804. The first-order valence-electron chi connectivity index (χ1n) is 17.7. The zero-order valence-electron chi connectivity index (χ0n) is 29.4. The molecule has 7 aromatic carbocycles. The van der Waals surface area contributed by atoms with Crippen molar-refractivity contribution < 1.29 is 24.5 Å². The number of benzene rings is 7. The van der Waals surface area contributed by atoms with E-state index in [1.54, 1.807) is 6.20 Å². The van der Waals surface area contributed by atoms with Crippen molar-refractivity contribution in [1.29, 1.82) is 0 Å². The van der Waals surface area contributed by atoms with Gasteiger partial charge < -0.3 is 14.0 Å². The molecule has 0 N–H and O–H groups in total. The normalized spacial score (nSPS) is 10.9. The molecule has 0 atom stereocenters. The van der Waals surface area contributed by atoms with Crippen LogP contribution in [0.2, 0.25) is 0 Å². The van der Waals surface area contributed by atoms with Crippen molar-refractivity contribution in [2.24, 2.45) is 0 Å². The third kappa shape index (κ3) is 6.56. The SMILES string of the molecule is Cc1cc(-c2ccccc2)c(-n2c(-c3[c-]oc4c3ccc3ccccc34)nc3ccccc32)c(-c2ccccc2)c1.[Ir].[c-]1ccccc1-c1ccccn1. The number of rotatable bonds is 5. The summed E-state index contributed by atoms with van der Waals surface area (Å²) in [5.41, 5.74) is 12.5. The Morgan fingerprint density at radius 3 is 1.98 bits per heavy atom. The molecule has 0 aliphatic carbocycles. The van der Waals surface area contributed by atoms with E-state index in [1.165, 1.54) is 5.56 Å². The van der Waals surface area contributed by atoms with Crippen LogP contribution >= 0.6 is 0 Å². The number of pyridine rings is 1. The van der Waals surface area contributed by atoms with Gasteiger partial charge in [0.05, 0.1) is 22.5 Å². The van der Waals surface area contributed by atoms with Gasteiger partial charge in [-0.2, -0.15) is 0 Å². The molecule has 0 saturated heterocycles. The molecule has 0 fully saturated rings. The topological polar surface area (TPSA) is 43.9 Å². The van der Waals surface area contributed by atoms with Crippen molar-refractivity contribution in [3.63, 3.8) is 0 Å². The molecule has 0 unspecified atom stereocenters. The van der Waals surface area contributed by atoms with Crippen LogP contribution in [0.25, 0.3) is 83.4 Å². The van der Waals surface area contributed by atoms with Crippen molar-refractivity contribution in [3.05, 3.63) is 200 Å². The van der Waals surface area contributed by atoms with Crippen molar-refractivity contribution in [2.75, 3.05) is 0 Å². The molecule has 5 heteroatoms. The predicted molar refractivity (Wildman–Crippen MR) is 217 cm³/mol. The Balaban J connectivity index is 0.000000271. The molecular weight excluding hydrogens is 839 g/mol. The molecule has 0 saturated carbocycles. The van der Waals surface area contributed by atoms with Crippen LogP contribution in [0, 0.1) is 19.3 Å². The third-order valence-electron chi connectivity index (χ3n) is 9.49. The van der Waals surface area contributed by atoms with E-state index in [1.807, 2.05) is 54.6 Å². The zero-order chi connectivity index (χ0) is 35.6. The number of imidazole rings is 1. The first-order chi connectivity index (χ1) is 26.2. The van der Waals surface area contributed by atoms with Gasteiger partial charge in [0.25, 0.3) is 0 Å². The molecule has 0 aliphatic rings. The van der Waals surface area contributed by atoms with Crippen LogP contribution in [0.1, 0.15) is 5.56 Å². The fourth-order valence-corrected chi connectivity index (χ4v) is 7.06. The number of furan rings is 1. The summed E-state index contributed by atoms with van der Waals surface area (Å²) in [6.45, 7) is 2.16. The summed E-state index contributed by atoms with van der Waals surface area (Å²) in [7, 11) is 0. The van der Waals surface area contributed by atoms with Gasteiger partial charge in [0, 0.05) is 49.3 Å². The number of hydrogen-bond donors (Lipinski definition) is 0. The standard InChI is InChI=1S/C38H25N2O.C11H8N.Ir/c1-25-22-31(26-12-4-2-5-13-26)36(32(23-25)27-14-6-3-7-15-27)40-35-19-11-10-18-34(35)39-38(40)33-24-41-37-29-17-9-8-16-28(29)20-21-30(33)37;1-2-6-10(7-3-1)11-8-4-5-9-12-11;/h2-23H,1H3;1-6,8-9H;/q2*-1;. The van der Waals surface area contributed by atoms with Crippen molar-refractivity contribution >= 4 is 32.8 Å². The summed E-state index contributed by atoms with van der Waals surface area (Å²) < 4.78 is 8.48. The molecule has 10 aromatic rings. The van der Waals surface area contributed by atoms with Gasteiger partial charge in [-0.1, -0.05) is 126 Å². The predicted octanol–water partition coefficient (Wildman–Crippen LogP) is 12.6. The molecule has 261 valence electrons. The molecule has 4 nitrogen and oxygen atoms in total. The van der Waals surface area contributed by atoms with Crippen molar-refractivity contribution in [3.8, 4) is 50.6 Å². The molecule has 3 heterocycles. The Labute approximate surface area is 327 Å². The fraction of sp³-hybridized carbons (Fsp3) is 0.0204. The van der Waals surface area contributed by atoms with E-state index in [0.29, 0.717) is 0 Å². The van der Waals surface area contributed by atoms with Gasteiger partial charge in [0.1, 0.15) is 0 Å². The van der Waals surface area contributed by atoms with Gasteiger partial charge in [0.2, 0.25) is 0 Å². The average Bonchev–Trinajstić information content (AvgIpc) is 3.84.